The SMILES string of the molecule is CCCn1nc(OC(=O)c2ccccc2Br)c2cc([N+](=O)[O-])ccc21. The molecule has 0 aliphatic rings. The van der Waals surface area contributed by atoms with E-state index in [1.807, 2.05) is 6.92 Å². The first-order valence-electron chi connectivity index (χ1n) is 7.63. The molecule has 0 aliphatic heterocycles. The van der Waals surface area contributed by atoms with Gasteiger partial charge in [0.15, 0.2) is 0 Å². The molecule has 25 heavy (non-hydrogen) atoms. The number of aryl methyl sites for hydroxylation is 1. The first kappa shape index (κ1) is 17.1. The summed E-state index contributed by atoms with van der Waals surface area (Å²) in [7, 11) is 0. The number of non-ortho nitro benzene ring substituents is 1. The maximum absolute atomic E-state index is 12.4. The molecule has 8 heteroatoms. The molecule has 0 unspecified atom stereocenters. The number of nitrogens with zero attached hydrogens (tertiary/aromatic N) is 3. The minimum atomic E-state index is -0.581. The van der Waals surface area contributed by atoms with Crippen LogP contribution in [0.15, 0.2) is 46.9 Å². The topological polar surface area (TPSA) is 87.3 Å². The fourth-order valence-corrected chi connectivity index (χ4v) is 2.93. The van der Waals surface area contributed by atoms with Crippen molar-refractivity contribution in [2.45, 2.75) is 19.9 Å². The number of halogens is 1. The Balaban J connectivity index is 2.05. The highest BCUT2D eigenvalue weighted by Gasteiger charge is 2.20. The van der Waals surface area contributed by atoms with Gasteiger partial charge in [0.25, 0.3) is 5.69 Å². The lowest BCUT2D eigenvalue weighted by molar-refractivity contribution is -0.384. The van der Waals surface area contributed by atoms with Gasteiger partial charge in [-0.25, -0.2) is 4.79 Å². The molecule has 0 fully saturated rings. The summed E-state index contributed by atoms with van der Waals surface area (Å²) in [5, 5.41) is 15.8. The molecule has 0 saturated carbocycles. The predicted molar refractivity (Wildman–Crippen MR) is 95.8 cm³/mol. The van der Waals surface area contributed by atoms with E-state index >= 15 is 0 Å². The summed E-state index contributed by atoms with van der Waals surface area (Å²) in [6.07, 6.45) is 0.825. The van der Waals surface area contributed by atoms with E-state index in [0.29, 0.717) is 27.5 Å². The van der Waals surface area contributed by atoms with Crippen molar-refractivity contribution in [3.8, 4) is 5.88 Å². The normalized spacial score (nSPS) is 10.8. The van der Waals surface area contributed by atoms with E-state index in [0.717, 1.165) is 6.42 Å². The van der Waals surface area contributed by atoms with Crippen LogP contribution in [0.2, 0.25) is 0 Å². The Kier molecular flexibility index (Phi) is 4.80. The second kappa shape index (κ2) is 7.02. The van der Waals surface area contributed by atoms with Gasteiger partial charge in [-0.15, -0.1) is 5.10 Å². The summed E-state index contributed by atoms with van der Waals surface area (Å²) in [5.41, 5.74) is 0.954. The second-order valence-electron chi connectivity index (χ2n) is 5.36. The first-order valence-corrected chi connectivity index (χ1v) is 8.42. The van der Waals surface area contributed by atoms with Gasteiger partial charge < -0.3 is 4.74 Å². The molecule has 2 aromatic carbocycles. The lowest BCUT2D eigenvalue weighted by atomic mass is 10.2. The number of esters is 1. The fraction of sp³-hybridized carbons (Fsp3) is 0.176. The van der Waals surface area contributed by atoms with Gasteiger partial charge in [-0.2, -0.15) is 0 Å². The molecule has 0 N–H and O–H groups in total. The van der Waals surface area contributed by atoms with Crippen molar-refractivity contribution in [3.63, 3.8) is 0 Å². The standard InChI is InChI=1S/C17H14BrN3O4/c1-2-9-20-15-8-7-11(21(23)24)10-13(15)16(19-20)25-17(22)12-5-3-4-6-14(12)18/h3-8,10H,2,9H2,1H3. The van der Waals surface area contributed by atoms with Crippen LogP contribution in [0.5, 0.6) is 5.88 Å². The Morgan fingerprint density at radius 3 is 2.76 bits per heavy atom. The van der Waals surface area contributed by atoms with Crippen molar-refractivity contribution in [1.29, 1.82) is 0 Å². The molecule has 0 bridgehead atoms. The molecule has 7 nitrogen and oxygen atoms in total. The maximum Gasteiger partial charge on any atom is 0.346 e. The van der Waals surface area contributed by atoms with Gasteiger partial charge in [0, 0.05) is 23.2 Å². The van der Waals surface area contributed by atoms with E-state index in [1.54, 1.807) is 35.0 Å². The largest absolute Gasteiger partial charge is 0.401 e. The highest BCUT2D eigenvalue weighted by Crippen LogP contribution is 2.30. The van der Waals surface area contributed by atoms with E-state index in [-0.39, 0.29) is 11.6 Å². The number of carbonyl (C=O) groups is 1. The Morgan fingerprint density at radius 1 is 1.32 bits per heavy atom. The van der Waals surface area contributed by atoms with E-state index < -0.39 is 10.9 Å². The number of hydrogen-bond donors (Lipinski definition) is 0. The molecule has 0 radical (unpaired) electrons. The van der Waals surface area contributed by atoms with E-state index in [2.05, 4.69) is 21.0 Å². The average Bonchev–Trinajstić information content (AvgIpc) is 2.92. The minimum absolute atomic E-state index is 0.0629. The molecule has 3 rings (SSSR count). The van der Waals surface area contributed by atoms with Crippen molar-refractivity contribution in [2.24, 2.45) is 0 Å². The Morgan fingerprint density at radius 2 is 2.08 bits per heavy atom. The molecule has 0 amide bonds. The van der Waals surface area contributed by atoms with Crippen LogP contribution in [0.1, 0.15) is 23.7 Å². The Hall–Kier alpha value is -2.74. The Bertz CT molecular complexity index is 968. The minimum Gasteiger partial charge on any atom is -0.401 e. The quantitative estimate of drug-likeness (QED) is 0.359. The first-order chi connectivity index (χ1) is 12.0. The molecule has 0 spiro atoms. The highest BCUT2D eigenvalue weighted by molar-refractivity contribution is 9.10. The van der Waals surface area contributed by atoms with Crippen molar-refractivity contribution < 1.29 is 14.5 Å². The summed E-state index contributed by atoms with van der Waals surface area (Å²) in [6, 6.07) is 11.3. The molecular formula is C17H14BrN3O4. The number of ether oxygens (including phenoxy) is 1. The third-order valence-electron chi connectivity index (χ3n) is 3.63. The zero-order chi connectivity index (χ0) is 18.0. The molecule has 0 saturated heterocycles. The number of carbonyl (C=O) groups excluding carboxylic acids is 1. The van der Waals surface area contributed by atoms with Gasteiger partial charge >= 0.3 is 5.97 Å². The maximum atomic E-state index is 12.4. The third kappa shape index (κ3) is 3.39. The predicted octanol–water partition coefficient (Wildman–Crippen LogP) is 4.34. The number of rotatable bonds is 5. The van der Waals surface area contributed by atoms with Gasteiger partial charge in [0.1, 0.15) is 0 Å². The summed E-state index contributed by atoms with van der Waals surface area (Å²) in [5.74, 6) is -0.519. The number of fused-ring (bicyclic) bond motifs is 1. The smallest absolute Gasteiger partial charge is 0.346 e. The van der Waals surface area contributed by atoms with E-state index in [9.17, 15) is 14.9 Å². The van der Waals surface area contributed by atoms with Crippen molar-refractivity contribution >= 4 is 38.5 Å². The summed E-state index contributed by atoms with van der Waals surface area (Å²) in [4.78, 5) is 23.0. The van der Waals surface area contributed by atoms with Crippen LogP contribution in [0.4, 0.5) is 5.69 Å². The van der Waals surface area contributed by atoms with Gasteiger partial charge in [0.2, 0.25) is 5.88 Å². The second-order valence-corrected chi connectivity index (χ2v) is 6.21. The van der Waals surface area contributed by atoms with E-state index in [1.165, 1.54) is 12.1 Å². The lowest BCUT2D eigenvalue weighted by Crippen LogP contribution is -2.10. The summed E-state index contributed by atoms with van der Waals surface area (Å²) < 4.78 is 7.72. The Labute approximate surface area is 151 Å². The highest BCUT2D eigenvalue weighted by atomic mass is 79.9. The van der Waals surface area contributed by atoms with Crippen LogP contribution in [0, 0.1) is 10.1 Å². The number of aromatic nitrogens is 2. The van der Waals surface area contributed by atoms with Gasteiger partial charge in [-0.3, -0.25) is 14.8 Å². The monoisotopic (exact) mass is 403 g/mol. The fourth-order valence-electron chi connectivity index (χ4n) is 2.48. The number of benzene rings is 2. The number of hydrogen-bond acceptors (Lipinski definition) is 5. The molecule has 1 aromatic heterocycles. The zero-order valence-corrected chi connectivity index (χ0v) is 14.9. The molecular weight excluding hydrogens is 390 g/mol. The van der Waals surface area contributed by atoms with Crippen LogP contribution in [0.3, 0.4) is 0 Å². The van der Waals surface area contributed by atoms with Crippen LogP contribution in [0.25, 0.3) is 10.9 Å². The summed E-state index contributed by atoms with van der Waals surface area (Å²) in [6.45, 7) is 2.60. The van der Waals surface area contributed by atoms with Gasteiger partial charge in [-0.05, 0) is 40.5 Å². The molecule has 1 heterocycles. The average molecular weight is 404 g/mol. The summed E-state index contributed by atoms with van der Waals surface area (Å²) >= 11 is 3.30. The zero-order valence-electron chi connectivity index (χ0n) is 13.3. The molecule has 3 aromatic rings. The van der Waals surface area contributed by atoms with Crippen LogP contribution in [-0.4, -0.2) is 20.7 Å². The van der Waals surface area contributed by atoms with Crippen LogP contribution in [-0.2, 0) is 6.54 Å². The molecule has 0 aliphatic carbocycles. The van der Waals surface area contributed by atoms with Crippen LogP contribution >= 0.6 is 15.9 Å². The number of nitro groups is 1. The van der Waals surface area contributed by atoms with Crippen molar-refractivity contribution in [2.75, 3.05) is 0 Å². The molecule has 0 atom stereocenters. The van der Waals surface area contributed by atoms with Crippen LogP contribution < -0.4 is 4.74 Å². The van der Waals surface area contributed by atoms with Gasteiger partial charge in [-0.1, -0.05) is 19.1 Å². The molecule has 128 valence electrons. The third-order valence-corrected chi connectivity index (χ3v) is 4.32. The van der Waals surface area contributed by atoms with Gasteiger partial charge in [0.05, 0.1) is 21.4 Å². The van der Waals surface area contributed by atoms with E-state index in [4.69, 9.17) is 4.74 Å². The van der Waals surface area contributed by atoms with Crippen molar-refractivity contribution in [3.05, 3.63) is 62.6 Å². The number of nitro benzene ring substituents is 1. The lowest BCUT2D eigenvalue weighted by Gasteiger charge is -2.03. The van der Waals surface area contributed by atoms with Crippen molar-refractivity contribution in [1.82, 2.24) is 9.78 Å².